The Labute approximate surface area is 96.4 Å². The van der Waals surface area contributed by atoms with Gasteiger partial charge in [-0.15, -0.1) is 0 Å². The molecule has 0 aromatic heterocycles. The van der Waals surface area contributed by atoms with Crippen molar-refractivity contribution >= 4 is 17.2 Å². The number of carbonyl (C=O) groups excluding carboxylic acids is 1. The Morgan fingerprint density at radius 1 is 1.12 bits per heavy atom. The van der Waals surface area contributed by atoms with Gasteiger partial charge in [0.15, 0.2) is 5.78 Å². The molecule has 1 rings (SSSR count). The Morgan fingerprint density at radius 3 is 2.00 bits per heavy atom. The van der Waals surface area contributed by atoms with Gasteiger partial charge >= 0.3 is 0 Å². The van der Waals surface area contributed by atoms with Crippen molar-refractivity contribution in [2.45, 2.75) is 20.8 Å². The molecule has 0 bridgehead atoms. The van der Waals surface area contributed by atoms with E-state index < -0.39 is 21.3 Å². The molecule has 0 amide bonds. The van der Waals surface area contributed by atoms with Crippen LogP contribution in [0.15, 0.2) is 6.07 Å². The van der Waals surface area contributed by atoms with Crippen LogP contribution in [0, 0.1) is 34.1 Å². The lowest BCUT2D eigenvalue weighted by Gasteiger charge is -2.06. The fourth-order valence-electron chi connectivity index (χ4n) is 1.71. The molecule has 0 aliphatic heterocycles. The van der Waals surface area contributed by atoms with Crippen LogP contribution in [0.4, 0.5) is 11.4 Å². The van der Waals surface area contributed by atoms with Crippen LogP contribution in [0.5, 0.6) is 0 Å². The second-order valence-corrected chi connectivity index (χ2v) is 3.61. The highest BCUT2D eigenvalue weighted by Gasteiger charge is 2.28. The molecule has 0 unspecified atom stereocenters. The van der Waals surface area contributed by atoms with Gasteiger partial charge in [-0.25, -0.2) is 0 Å². The van der Waals surface area contributed by atoms with E-state index in [0.29, 0.717) is 0 Å². The average molecular weight is 238 g/mol. The Morgan fingerprint density at radius 2 is 1.65 bits per heavy atom. The van der Waals surface area contributed by atoms with E-state index in [9.17, 15) is 25.0 Å². The summed E-state index contributed by atoms with van der Waals surface area (Å²) in [6.07, 6.45) is 0. The fourth-order valence-corrected chi connectivity index (χ4v) is 1.71. The van der Waals surface area contributed by atoms with Gasteiger partial charge in [-0.05, 0) is 20.8 Å². The van der Waals surface area contributed by atoms with Gasteiger partial charge in [0.05, 0.1) is 9.85 Å². The maximum atomic E-state index is 11.3. The Balaban J connectivity index is 3.76. The molecule has 1 aromatic rings. The number of nitrogens with zero attached hydrogens (tertiary/aromatic N) is 2. The van der Waals surface area contributed by atoms with Gasteiger partial charge in [0.25, 0.3) is 11.4 Å². The summed E-state index contributed by atoms with van der Waals surface area (Å²) in [6, 6.07) is 1.08. The SMILES string of the molecule is CC(=O)c1cc([N+](=O)[O-])c(C)c([N+](=O)[O-])c1C. The topological polar surface area (TPSA) is 103 Å². The van der Waals surface area contributed by atoms with Crippen molar-refractivity contribution < 1.29 is 14.6 Å². The van der Waals surface area contributed by atoms with E-state index in [0.717, 1.165) is 6.07 Å². The van der Waals surface area contributed by atoms with Crippen LogP contribution in [0.2, 0.25) is 0 Å². The number of nitro benzene ring substituents is 2. The molecule has 7 heteroatoms. The normalized spacial score (nSPS) is 10.1. The lowest BCUT2D eigenvalue weighted by Crippen LogP contribution is -2.06. The average Bonchev–Trinajstić information content (AvgIpc) is 2.15. The Hall–Kier alpha value is -2.31. The van der Waals surface area contributed by atoms with Crippen molar-refractivity contribution in [3.8, 4) is 0 Å². The zero-order chi connectivity index (χ0) is 13.3. The molecule has 17 heavy (non-hydrogen) atoms. The van der Waals surface area contributed by atoms with E-state index in [-0.39, 0.29) is 22.4 Å². The number of Topliss-reactive ketones (excluding diaryl/α,β-unsaturated/α-hetero) is 1. The van der Waals surface area contributed by atoms with Crippen molar-refractivity contribution in [1.82, 2.24) is 0 Å². The highest BCUT2D eigenvalue weighted by molar-refractivity contribution is 5.97. The van der Waals surface area contributed by atoms with Crippen molar-refractivity contribution in [3.63, 3.8) is 0 Å². The fraction of sp³-hybridized carbons (Fsp3) is 0.300. The first kappa shape index (κ1) is 12.8. The lowest BCUT2D eigenvalue weighted by atomic mass is 9.98. The summed E-state index contributed by atoms with van der Waals surface area (Å²) in [4.78, 5) is 31.5. The predicted molar refractivity (Wildman–Crippen MR) is 59.2 cm³/mol. The molecular formula is C10H10N2O5. The minimum atomic E-state index is -0.728. The molecule has 0 fully saturated rings. The van der Waals surface area contributed by atoms with E-state index in [1.807, 2.05) is 0 Å². The van der Waals surface area contributed by atoms with Crippen LogP contribution in [-0.4, -0.2) is 15.6 Å². The highest BCUT2D eigenvalue weighted by atomic mass is 16.6. The van der Waals surface area contributed by atoms with E-state index >= 15 is 0 Å². The van der Waals surface area contributed by atoms with E-state index in [2.05, 4.69) is 0 Å². The molecule has 90 valence electrons. The number of benzene rings is 1. The lowest BCUT2D eigenvalue weighted by molar-refractivity contribution is -0.395. The highest BCUT2D eigenvalue weighted by Crippen LogP contribution is 2.33. The number of carbonyl (C=O) groups is 1. The van der Waals surface area contributed by atoms with Crippen molar-refractivity contribution in [3.05, 3.63) is 43.0 Å². The number of nitro groups is 2. The van der Waals surface area contributed by atoms with E-state index in [1.165, 1.54) is 20.8 Å². The maximum Gasteiger partial charge on any atom is 0.282 e. The molecule has 0 radical (unpaired) electrons. The summed E-state index contributed by atoms with van der Waals surface area (Å²) in [5.74, 6) is -0.436. The molecule has 0 N–H and O–H groups in total. The van der Waals surface area contributed by atoms with E-state index in [4.69, 9.17) is 0 Å². The molecule has 0 atom stereocenters. The summed E-state index contributed by atoms with van der Waals surface area (Å²) in [5, 5.41) is 21.6. The van der Waals surface area contributed by atoms with Gasteiger partial charge in [-0.3, -0.25) is 25.0 Å². The van der Waals surface area contributed by atoms with Gasteiger partial charge in [-0.2, -0.15) is 0 Å². The Bertz CT molecular complexity index is 498. The zero-order valence-electron chi connectivity index (χ0n) is 9.51. The van der Waals surface area contributed by atoms with Gasteiger partial charge in [0.2, 0.25) is 0 Å². The molecular weight excluding hydrogens is 228 g/mol. The summed E-state index contributed by atoms with van der Waals surface area (Å²) >= 11 is 0. The van der Waals surface area contributed by atoms with Crippen LogP contribution >= 0.6 is 0 Å². The zero-order valence-corrected chi connectivity index (χ0v) is 9.51. The molecule has 0 aliphatic rings. The van der Waals surface area contributed by atoms with Crippen molar-refractivity contribution in [2.75, 3.05) is 0 Å². The summed E-state index contributed by atoms with van der Waals surface area (Å²) < 4.78 is 0. The van der Waals surface area contributed by atoms with Gasteiger partial charge < -0.3 is 0 Å². The summed E-state index contributed by atoms with van der Waals surface area (Å²) in [5.41, 5.74) is -0.654. The van der Waals surface area contributed by atoms with Crippen LogP contribution in [0.1, 0.15) is 28.4 Å². The number of ketones is 1. The van der Waals surface area contributed by atoms with Gasteiger partial charge in [0, 0.05) is 17.2 Å². The molecule has 0 spiro atoms. The second-order valence-electron chi connectivity index (χ2n) is 3.61. The second kappa shape index (κ2) is 4.28. The summed E-state index contributed by atoms with van der Waals surface area (Å²) in [6.45, 7) is 3.92. The third kappa shape index (κ3) is 2.12. The smallest absolute Gasteiger partial charge is 0.282 e. The molecule has 0 saturated heterocycles. The monoisotopic (exact) mass is 238 g/mol. The molecule has 0 aliphatic carbocycles. The first-order valence-corrected chi connectivity index (χ1v) is 4.71. The summed E-state index contributed by atoms with van der Waals surface area (Å²) in [7, 11) is 0. The predicted octanol–water partition coefficient (Wildman–Crippen LogP) is 2.32. The third-order valence-electron chi connectivity index (χ3n) is 2.54. The van der Waals surface area contributed by atoms with Crippen LogP contribution in [-0.2, 0) is 0 Å². The van der Waals surface area contributed by atoms with Gasteiger partial charge in [-0.1, -0.05) is 0 Å². The number of hydrogen-bond donors (Lipinski definition) is 0. The quantitative estimate of drug-likeness (QED) is 0.456. The molecule has 1 aromatic carbocycles. The van der Waals surface area contributed by atoms with Crippen molar-refractivity contribution in [1.29, 1.82) is 0 Å². The van der Waals surface area contributed by atoms with Crippen LogP contribution in [0.3, 0.4) is 0 Å². The third-order valence-corrected chi connectivity index (χ3v) is 2.54. The van der Waals surface area contributed by atoms with Gasteiger partial charge in [0.1, 0.15) is 5.56 Å². The standard InChI is InChI=1S/C10H10N2O5/c1-5-8(7(3)13)4-9(11(14)15)6(2)10(5)12(16)17/h4H,1-3H3. The van der Waals surface area contributed by atoms with Crippen LogP contribution in [0.25, 0.3) is 0 Å². The van der Waals surface area contributed by atoms with Crippen LogP contribution < -0.4 is 0 Å². The maximum absolute atomic E-state index is 11.3. The van der Waals surface area contributed by atoms with Crippen molar-refractivity contribution in [2.24, 2.45) is 0 Å². The minimum Gasteiger partial charge on any atom is -0.294 e. The largest absolute Gasteiger partial charge is 0.294 e. The molecule has 7 nitrogen and oxygen atoms in total. The molecule has 0 heterocycles. The Kier molecular flexibility index (Phi) is 3.21. The minimum absolute atomic E-state index is 0.00833. The number of rotatable bonds is 3. The molecule has 0 saturated carbocycles. The first-order chi connectivity index (χ1) is 7.77. The first-order valence-electron chi connectivity index (χ1n) is 4.71. The van der Waals surface area contributed by atoms with E-state index in [1.54, 1.807) is 0 Å². The number of hydrogen-bond acceptors (Lipinski definition) is 5.